The van der Waals surface area contributed by atoms with Crippen LogP contribution >= 0.6 is 0 Å². The molecule has 0 heterocycles. The molecule has 2 saturated carbocycles. The average molecular weight is 253 g/mol. The van der Waals surface area contributed by atoms with Crippen LogP contribution in [0.1, 0.15) is 65.2 Å². The van der Waals surface area contributed by atoms with Crippen LogP contribution in [-0.2, 0) is 4.74 Å². The summed E-state index contributed by atoms with van der Waals surface area (Å²) in [4.78, 5) is 0. The highest BCUT2D eigenvalue weighted by atomic mass is 16.5. The van der Waals surface area contributed by atoms with Gasteiger partial charge in [0.15, 0.2) is 0 Å². The molecule has 2 fully saturated rings. The minimum absolute atomic E-state index is 0.142. The molecule has 2 rings (SSSR count). The van der Waals surface area contributed by atoms with Crippen molar-refractivity contribution in [3.8, 4) is 0 Å². The Balaban J connectivity index is 1.92. The lowest BCUT2D eigenvalue weighted by Gasteiger charge is -2.43. The molecular formula is C16H31NO. The van der Waals surface area contributed by atoms with E-state index in [1.807, 2.05) is 0 Å². The van der Waals surface area contributed by atoms with E-state index in [0.29, 0.717) is 6.10 Å². The summed E-state index contributed by atoms with van der Waals surface area (Å²) in [6, 6.07) is 0. The molecule has 2 aliphatic carbocycles. The van der Waals surface area contributed by atoms with Crippen molar-refractivity contribution in [2.24, 2.45) is 11.8 Å². The third kappa shape index (κ3) is 3.71. The molecule has 1 N–H and O–H groups in total. The summed E-state index contributed by atoms with van der Waals surface area (Å²) in [6.45, 7) is 5.79. The number of nitrogens with one attached hydrogen (secondary N) is 1. The molecule has 2 unspecified atom stereocenters. The van der Waals surface area contributed by atoms with Gasteiger partial charge in [0, 0.05) is 6.54 Å². The minimum Gasteiger partial charge on any atom is -0.370 e. The molecule has 0 radical (unpaired) electrons. The van der Waals surface area contributed by atoms with Crippen LogP contribution in [0.4, 0.5) is 0 Å². The Hall–Kier alpha value is -0.0800. The van der Waals surface area contributed by atoms with Crippen LogP contribution in [0.15, 0.2) is 0 Å². The Labute approximate surface area is 113 Å². The second kappa shape index (κ2) is 6.38. The van der Waals surface area contributed by atoms with E-state index in [0.717, 1.165) is 18.4 Å². The second-order valence-electron chi connectivity index (χ2n) is 6.91. The summed E-state index contributed by atoms with van der Waals surface area (Å²) >= 11 is 0. The number of ether oxygens (including phenoxy) is 1. The van der Waals surface area contributed by atoms with Gasteiger partial charge in [-0.15, -0.1) is 0 Å². The summed E-state index contributed by atoms with van der Waals surface area (Å²) < 4.78 is 6.62. The highest BCUT2D eigenvalue weighted by Gasteiger charge is 2.37. The van der Waals surface area contributed by atoms with E-state index < -0.39 is 0 Å². The number of hydrogen-bond donors (Lipinski definition) is 1. The standard InChI is InChI=1S/C16H31NO/c1-13-7-9-16(10-8-13,12-17-3)18-15-6-4-5-14(2)11-15/h13-15,17H,4-12H2,1-3H3. The monoisotopic (exact) mass is 253 g/mol. The Bertz CT molecular complexity index is 245. The molecule has 2 heteroatoms. The van der Waals surface area contributed by atoms with Crippen molar-refractivity contribution in [2.45, 2.75) is 76.9 Å². The van der Waals surface area contributed by atoms with Gasteiger partial charge in [0.1, 0.15) is 0 Å². The molecule has 0 aliphatic heterocycles. The summed E-state index contributed by atoms with van der Waals surface area (Å²) in [5.41, 5.74) is 0.142. The molecule has 2 atom stereocenters. The first-order valence-corrected chi connectivity index (χ1v) is 7.96. The molecule has 0 bridgehead atoms. The van der Waals surface area contributed by atoms with Crippen molar-refractivity contribution in [1.82, 2.24) is 5.32 Å². The van der Waals surface area contributed by atoms with Gasteiger partial charge in [-0.25, -0.2) is 0 Å². The van der Waals surface area contributed by atoms with Gasteiger partial charge in [-0.3, -0.25) is 0 Å². The summed E-state index contributed by atoms with van der Waals surface area (Å²) in [5.74, 6) is 1.75. The van der Waals surface area contributed by atoms with Crippen molar-refractivity contribution < 1.29 is 4.74 Å². The van der Waals surface area contributed by atoms with Crippen molar-refractivity contribution in [3.63, 3.8) is 0 Å². The molecular weight excluding hydrogens is 222 g/mol. The van der Waals surface area contributed by atoms with Crippen molar-refractivity contribution in [3.05, 3.63) is 0 Å². The van der Waals surface area contributed by atoms with E-state index in [1.54, 1.807) is 0 Å². The zero-order valence-electron chi connectivity index (χ0n) is 12.5. The zero-order valence-corrected chi connectivity index (χ0v) is 12.5. The Morgan fingerprint density at radius 3 is 2.39 bits per heavy atom. The summed E-state index contributed by atoms with van der Waals surface area (Å²) in [6.07, 6.45) is 11.0. The van der Waals surface area contributed by atoms with Crippen molar-refractivity contribution in [2.75, 3.05) is 13.6 Å². The Morgan fingerprint density at radius 2 is 1.78 bits per heavy atom. The maximum atomic E-state index is 6.62. The van der Waals surface area contributed by atoms with Crippen LogP contribution in [0.5, 0.6) is 0 Å². The molecule has 18 heavy (non-hydrogen) atoms. The SMILES string of the molecule is CNCC1(OC2CCCC(C)C2)CCC(C)CC1. The van der Waals surface area contributed by atoms with Gasteiger partial charge in [-0.05, 0) is 57.4 Å². The molecule has 0 spiro atoms. The van der Waals surface area contributed by atoms with E-state index in [-0.39, 0.29) is 5.60 Å². The fraction of sp³-hybridized carbons (Fsp3) is 1.00. The topological polar surface area (TPSA) is 21.3 Å². The van der Waals surface area contributed by atoms with Crippen LogP contribution in [0.2, 0.25) is 0 Å². The predicted octanol–water partition coefficient (Wildman–Crippen LogP) is 3.75. The van der Waals surface area contributed by atoms with Crippen LogP contribution in [0, 0.1) is 11.8 Å². The maximum absolute atomic E-state index is 6.62. The van der Waals surface area contributed by atoms with E-state index in [2.05, 4.69) is 26.2 Å². The quantitative estimate of drug-likeness (QED) is 0.824. The largest absolute Gasteiger partial charge is 0.370 e. The first kappa shape index (κ1) is 14.3. The van der Waals surface area contributed by atoms with Gasteiger partial charge in [0.05, 0.1) is 11.7 Å². The first-order chi connectivity index (χ1) is 8.63. The molecule has 2 aliphatic rings. The molecule has 0 aromatic heterocycles. The lowest BCUT2D eigenvalue weighted by Crippen LogP contribution is -2.47. The molecule has 2 nitrogen and oxygen atoms in total. The van der Waals surface area contributed by atoms with Gasteiger partial charge in [0.2, 0.25) is 0 Å². The smallest absolute Gasteiger partial charge is 0.0810 e. The van der Waals surface area contributed by atoms with Crippen LogP contribution in [0.3, 0.4) is 0 Å². The second-order valence-corrected chi connectivity index (χ2v) is 6.91. The highest BCUT2D eigenvalue weighted by molar-refractivity contribution is 4.90. The van der Waals surface area contributed by atoms with Crippen molar-refractivity contribution >= 4 is 0 Å². The van der Waals surface area contributed by atoms with Crippen LogP contribution in [0.25, 0.3) is 0 Å². The zero-order chi connectivity index (χ0) is 13.0. The third-order valence-electron chi connectivity index (χ3n) is 4.99. The number of likely N-dealkylation sites (N-methyl/N-ethyl adjacent to an activating group) is 1. The van der Waals surface area contributed by atoms with E-state index in [1.165, 1.54) is 51.4 Å². The van der Waals surface area contributed by atoms with Gasteiger partial charge >= 0.3 is 0 Å². The molecule has 0 aromatic carbocycles. The number of rotatable bonds is 4. The molecule has 0 aromatic rings. The van der Waals surface area contributed by atoms with E-state index >= 15 is 0 Å². The van der Waals surface area contributed by atoms with Gasteiger partial charge in [0.25, 0.3) is 0 Å². The van der Waals surface area contributed by atoms with Crippen LogP contribution in [-0.4, -0.2) is 25.3 Å². The summed E-state index contributed by atoms with van der Waals surface area (Å²) in [7, 11) is 2.06. The Morgan fingerprint density at radius 1 is 1.06 bits per heavy atom. The van der Waals surface area contributed by atoms with Crippen LogP contribution < -0.4 is 5.32 Å². The normalized spacial score (nSPS) is 41.8. The molecule has 106 valence electrons. The molecule has 0 saturated heterocycles. The van der Waals surface area contributed by atoms with Crippen molar-refractivity contribution in [1.29, 1.82) is 0 Å². The van der Waals surface area contributed by atoms with Gasteiger partial charge < -0.3 is 10.1 Å². The van der Waals surface area contributed by atoms with E-state index in [4.69, 9.17) is 4.74 Å². The highest BCUT2D eigenvalue weighted by Crippen LogP contribution is 2.38. The van der Waals surface area contributed by atoms with Gasteiger partial charge in [-0.2, -0.15) is 0 Å². The molecule has 0 amide bonds. The maximum Gasteiger partial charge on any atom is 0.0810 e. The fourth-order valence-electron chi connectivity index (χ4n) is 3.79. The van der Waals surface area contributed by atoms with Gasteiger partial charge in [-0.1, -0.05) is 26.7 Å². The third-order valence-corrected chi connectivity index (χ3v) is 4.99. The Kier molecular flexibility index (Phi) is 5.08. The lowest BCUT2D eigenvalue weighted by atomic mass is 9.78. The average Bonchev–Trinajstić information content (AvgIpc) is 2.34. The first-order valence-electron chi connectivity index (χ1n) is 7.96. The fourth-order valence-corrected chi connectivity index (χ4v) is 3.79. The minimum atomic E-state index is 0.142. The lowest BCUT2D eigenvalue weighted by molar-refractivity contribution is -0.130. The summed E-state index contributed by atoms with van der Waals surface area (Å²) in [5, 5.41) is 3.37. The predicted molar refractivity (Wildman–Crippen MR) is 76.8 cm³/mol. The van der Waals surface area contributed by atoms with E-state index in [9.17, 15) is 0 Å². The number of hydrogen-bond acceptors (Lipinski definition) is 2.